The second-order valence-electron chi connectivity index (χ2n) is 23.0. The van der Waals surface area contributed by atoms with E-state index in [2.05, 4.69) is 5.32 Å². The molecule has 2 rings (SSSR count). The average molecular weight is 1170 g/mol. The summed E-state index contributed by atoms with van der Waals surface area (Å²) < 4.78 is 43.6. The van der Waals surface area contributed by atoms with Crippen molar-refractivity contribution in [1.82, 2.24) is 5.32 Å². The number of hydrogen-bond donors (Lipinski definition) is 17. The first-order valence-corrected chi connectivity index (χ1v) is 30.9. The zero-order valence-corrected chi connectivity index (χ0v) is 49.5. The normalized spacial score (nSPS) is 37.0. The molecule has 0 aliphatic carbocycles. The molecule has 18 N–H and O–H groups in total. The van der Waals surface area contributed by atoms with Crippen molar-refractivity contribution in [2.75, 3.05) is 19.4 Å². The summed E-state index contributed by atoms with van der Waals surface area (Å²) in [5, 5.41) is 151. The third kappa shape index (κ3) is 32.0. The number of hydrogen-bond acceptors (Lipinski definition) is 20. The van der Waals surface area contributed by atoms with Gasteiger partial charge in [0, 0.05) is 24.8 Å². The SMILES string of the molecule is CCCCC1C(=O)OC(C(C)C(O)CCCNC(=N)N)C(C)/C=C(\C)CCCCC(O)CC(O)CC(O)CC(O)CC(O)C(O[C@H]2O[C@H](CO)[C@@H](O)[C@@H]2O)/C=C(\C)C(O)CCCC(O)CCCC(O)CCC(C)C1O.CS(=O)(=O)O. The van der Waals surface area contributed by atoms with Crippen LogP contribution in [0.1, 0.15) is 176 Å². The lowest BCUT2D eigenvalue weighted by molar-refractivity contribution is -0.202. The second kappa shape index (κ2) is 40.0. The molecule has 16 unspecified atom stereocenters. The minimum Gasteiger partial charge on any atom is -0.461 e. The molecule has 0 amide bonds. The number of guanidine groups is 1. The smallest absolute Gasteiger partial charge is 0.311 e. The number of carbonyl (C=O) groups excluding carboxylic acids is 1. The van der Waals surface area contributed by atoms with E-state index in [9.17, 15) is 79.6 Å². The largest absolute Gasteiger partial charge is 0.461 e. The molecule has 0 radical (unpaired) electrons. The molecule has 2 aliphatic rings. The molecule has 0 aromatic carbocycles. The summed E-state index contributed by atoms with van der Waals surface area (Å²) >= 11 is 0. The molecule has 2 heterocycles. The minimum atomic E-state index is -3.67. The van der Waals surface area contributed by atoms with Crippen molar-refractivity contribution in [1.29, 1.82) is 5.41 Å². The van der Waals surface area contributed by atoms with Gasteiger partial charge in [-0.3, -0.25) is 14.8 Å². The molecular weight excluding hydrogens is 1070 g/mol. The number of nitrogens with two attached hydrogens (primary N) is 1. The number of unbranched alkanes of at least 4 members (excludes halogenated alkanes) is 1. The number of aliphatic hydroxyl groups is 13. The topological polar surface area (TPSA) is 424 Å². The van der Waals surface area contributed by atoms with Crippen molar-refractivity contribution in [2.24, 2.45) is 29.4 Å². The summed E-state index contributed by atoms with van der Waals surface area (Å²) in [7, 11) is -3.67. The van der Waals surface area contributed by atoms with Crippen LogP contribution < -0.4 is 11.1 Å². The average Bonchev–Trinajstić information content (AvgIpc) is 3.63. The lowest BCUT2D eigenvalue weighted by Gasteiger charge is -2.34. The van der Waals surface area contributed by atoms with Gasteiger partial charge in [-0.15, -0.1) is 0 Å². The number of aliphatic hydroxyl groups excluding tert-OH is 13. The highest BCUT2D eigenvalue weighted by molar-refractivity contribution is 7.85. The van der Waals surface area contributed by atoms with Crippen LogP contribution in [-0.2, 0) is 29.1 Å². The molecule has 0 aromatic heterocycles. The number of carbonyl (C=O) groups is 1. The molecule has 0 bridgehead atoms. The number of ether oxygens (including phenoxy) is 3. The van der Waals surface area contributed by atoms with E-state index in [0.717, 1.165) is 12.0 Å². The predicted octanol–water partition coefficient (Wildman–Crippen LogP) is 1.96. The summed E-state index contributed by atoms with van der Waals surface area (Å²) in [6.45, 7) is 10.9. The molecule has 23 nitrogen and oxygen atoms in total. The highest BCUT2D eigenvalue weighted by Gasteiger charge is 2.45. The Morgan fingerprint density at radius 2 is 1.32 bits per heavy atom. The zero-order chi connectivity index (χ0) is 60.9. The molecule has 1 fully saturated rings. The van der Waals surface area contributed by atoms with Crippen molar-refractivity contribution < 1.29 is 98.4 Å². The molecule has 2 aliphatic heterocycles. The Balaban J connectivity index is 0.00000610. The third-order valence-electron chi connectivity index (χ3n) is 15.3. The Morgan fingerprint density at radius 1 is 0.775 bits per heavy atom. The highest BCUT2D eigenvalue weighted by atomic mass is 32.2. The Kier molecular flexibility index (Phi) is 37.7. The van der Waals surface area contributed by atoms with Crippen LogP contribution in [0.15, 0.2) is 23.3 Å². The van der Waals surface area contributed by atoms with Crippen LogP contribution in [-0.4, -0.2) is 209 Å². The van der Waals surface area contributed by atoms with Crippen LogP contribution in [0.25, 0.3) is 0 Å². The summed E-state index contributed by atoms with van der Waals surface area (Å²) in [5.74, 6) is -2.78. The maximum absolute atomic E-state index is 14.2. The van der Waals surface area contributed by atoms with Gasteiger partial charge in [0.15, 0.2) is 12.2 Å². The molecule has 0 aromatic rings. The maximum Gasteiger partial charge on any atom is 0.311 e. The van der Waals surface area contributed by atoms with Gasteiger partial charge in [0.05, 0.1) is 79.8 Å². The van der Waals surface area contributed by atoms with E-state index < -0.39 is 132 Å². The molecule has 0 saturated carbocycles. The number of esters is 1. The summed E-state index contributed by atoms with van der Waals surface area (Å²) in [4.78, 5) is 14.2. The molecule has 0 spiro atoms. The van der Waals surface area contributed by atoms with Gasteiger partial charge >= 0.3 is 5.97 Å². The summed E-state index contributed by atoms with van der Waals surface area (Å²) in [6.07, 6.45) is -6.73. The van der Waals surface area contributed by atoms with Gasteiger partial charge in [0.2, 0.25) is 0 Å². The van der Waals surface area contributed by atoms with E-state index in [4.69, 9.17) is 29.9 Å². The zero-order valence-electron chi connectivity index (χ0n) is 48.7. The van der Waals surface area contributed by atoms with Gasteiger partial charge in [0.1, 0.15) is 30.5 Å². The van der Waals surface area contributed by atoms with Crippen LogP contribution in [0.4, 0.5) is 0 Å². The van der Waals surface area contributed by atoms with Gasteiger partial charge in [0.25, 0.3) is 10.1 Å². The molecule has 1 saturated heterocycles. The van der Waals surface area contributed by atoms with E-state index in [1.54, 1.807) is 6.92 Å². The summed E-state index contributed by atoms with van der Waals surface area (Å²) in [5.41, 5.74) is 6.80. The third-order valence-corrected chi connectivity index (χ3v) is 15.3. The van der Waals surface area contributed by atoms with E-state index >= 15 is 0 Å². The molecular formula is C56H107N3O20S. The first-order valence-electron chi connectivity index (χ1n) is 29.0. The van der Waals surface area contributed by atoms with Crippen molar-refractivity contribution in [3.63, 3.8) is 0 Å². The lowest BCUT2D eigenvalue weighted by Crippen LogP contribution is -2.42. The predicted molar refractivity (Wildman–Crippen MR) is 301 cm³/mol. The van der Waals surface area contributed by atoms with Crippen molar-refractivity contribution >= 4 is 22.0 Å². The van der Waals surface area contributed by atoms with Gasteiger partial charge < -0.3 is 91.6 Å². The van der Waals surface area contributed by atoms with Gasteiger partial charge in [-0.2, -0.15) is 8.42 Å². The van der Waals surface area contributed by atoms with Crippen molar-refractivity contribution in [2.45, 2.75) is 274 Å². The van der Waals surface area contributed by atoms with Crippen LogP contribution >= 0.6 is 0 Å². The fourth-order valence-electron chi connectivity index (χ4n) is 10.4. The number of allylic oxidation sites excluding steroid dienone is 1. The first kappa shape index (κ1) is 75.5. The first-order chi connectivity index (χ1) is 37.4. The van der Waals surface area contributed by atoms with Crippen LogP contribution in [0.3, 0.4) is 0 Å². The number of cyclic esters (lactones) is 1. The van der Waals surface area contributed by atoms with Gasteiger partial charge in [-0.1, -0.05) is 64.7 Å². The van der Waals surface area contributed by atoms with Crippen LogP contribution in [0.2, 0.25) is 0 Å². The van der Waals surface area contributed by atoms with E-state index in [-0.39, 0.29) is 49.9 Å². The lowest BCUT2D eigenvalue weighted by atomic mass is 9.84. The Labute approximate surface area is 475 Å². The molecule has 20 atom stereocenters. The fraction of sp³-hybridized carbons (Fsp3) is 0.893. The van der Waals surface area contributed by atoms with Crippen molar-refractivity contribution in [3.05, 3.63) is 23.3 Å². The van der Waals surface area contributed by atoms with Gasteiger partial charge in [-0.05, 0) is 134 Å². The summed E-state index contributed by atoms with van der Waals surface area (Å²) in [6, 6.07) is 0. The number of rotatable bonds is 12. The Hall–Kier alpha value is -2.47. The highest BCUT2D eigenvalue weighted by Crippen LogP contribution is 2.32. The fourth-order valence-corrected chi connectivity index (χ4v) is 10.4. The number of nitrogens with one attached hydrogen (secondary N) is 2. The standard InChI is InChI=1S/C55H103N3O17.CH4O3S/c1-7-8-19-43-49(69)33(3)22-23-38(61)17-11-16-37(60)18-12-20-44(66)34(4)26-47(73-54-51(71)50(70)48(31-59)74-54)46(68)30-42(65)29-41(64)28-40(63)27-39(62)15-10-9-14-32(2)25-35(5)52(75-53(43)72)36(6)45(67)21-13-24-58-55(56)57;1-5(2,3)4/h25-26,33,35-52,54,59-71H,7-24,27-31H2,1-6H3,(H4,56,57,58);1H3,(H,2,3,4)/b32-25+,34-26+;/t33?,35?,36?,37?,38?,39?,40?,41?,42?,43?,44?,45?,46?,47?,48-,49?,50-,51+,52?,54+;/m1./s1. The maximum atomic E-state index is 14.2. The van der Waals surface area contributed by atoms with Crippen LogP contribution in [0, 0.1) is 29.1 Å². The van der Waals surface area contributed by atoms with Crippen molar-refractivity contribution in [3.8, 4) is 0 Å². The monoisotopic (exact) mass is 1170 g/mol. The van der Waals surface area contributed by atoms with E-state index in [1.807, 2.05) is 40.7 Å². The molecule has 24 heteroatoms. The van der Waals surface area contributed by atoms with E-state index in [0.29, 0.717) is 115 Å². The van der Waals surface area contributed by atoms with Gasteiger partial charge in [-0.25, -0.2) is 0 Å². The van der Waals surface area contributed by atoms with E-state index in [1.165, 1.54) is 6.08 Å². The second-order valence-corrected chi connectivity index (χ2v) is 24.5. The minimum absolute atomic E-state index is 0.0277. The van der Waals surface area contributed by atoms with Crippen LogP contribution in [0.5, 0.6) is 0 Å². The molecule has 472 valence electrons. The Morgan fingerprint density at radius 3 is 1.89 bits per heavy atom. The Bertz CT molecular complexity index is 1860. The molecule has 80 heavy (non-hydrogen) atoms. The quantitative estimate of drug-likeness (QED) is 0.0332.